The first-order valence-electron chi connectivity index (χ1n) is 9.29. The largest absolute Gasteiger partial charge is 0.493 e. The van der Waals surface area contributed by atoms with Gasteiger partial charge in [0.1, 0.15) is 12.6 Å². The first-order chi connectivity index (χ1) is 14.7. The molecule has 0 aromatic heterocycles. The Balaban J connectivity index is 1.76. The molecular weight excluding hydrogens is 461 g/mol. The van der Waals surface area contributed by atoms with Crippen LogP contribution in [0.25, 0.3) is 10.8 Å². The zero-order valence-corrected chi connectivity index (χ0v) is 18.4. The summed E-state index contributed by atoms with van der Waals surface area (Å²) in [5, 5.41) is 11.3. The lowest BCUT2D eigenvalue weighted by Crippen LogP contribution is -2.35. The van der Waals surface area contributed by atoms with Crippen molar-refractivity contribution in [3.05, 3.63) is 82.5 Å². The SMILES string of the molecule is O=C(O)CN(c1ccc2cc(C3CC=CO3)ccc2c1)S(=O)(=O)c1cc(Cl)cc(Cl)c1. The van der Waals surface area contributed by atoms with E-state index in [-0.39, 0.29) is 26.7 Å². The monoisotopic (exact) mass is 477 g/mol. The fourth-order valence-corrected chi connectivity index (χ4v) is 5.58. The van der Waals surface area contributed by atoms with Crippen LogP contribution in [0.15, 0.2) is 71.8 Å². The van der Waals surface area contributed by atoms with Gasteiger partial charge < -0.3 is 9.84 Å². The first kappa shape index (κ1) is 21.5. The second-order valence-corrected chi connectivity index (χ2v) is 9.77. The Bertz CT molecular complexity index is 1280. The van der Waals surface area contributed by atoms with Crippen molar-refractivity contribution < 1.29 is 23.1 Å². The van der Waals surface area contributed by atoms with Crippen LogP contribution in [0.4, 0.5) is 5.69 Å². The zero-order chi connectivity index (χ0) is 22.2. The van der Waals surface area contributed by atoms with Gasteiger partial charge in [-0.15, -0.1) is 0 Å². The lowest BCUT2D eigenvalue weighted by molar-refractivity contribution is -0.135. The van der Waals surface area contributed by atoms with Gasteiger partial charge in [-0.1, -0.05) is 41.4 Å². The molecule has 0 saturated heterocycles. The van der Waals surface area contributed by atoms with Crippen LogP contribution in [-0.2, 0) is 19.6 Å². The van der Waals surface area contributed by atoms with E-state index in [4.69, 9.17) is 27.9 Å². The number of sulfonamides is 1. The third-order valence-electron chi connectivity index (χ3n) is 4.90. The molecule has 160 valence electrons. The quantitative estimate of drug-likeness (QED) is 0.513. The minimum absolute atomic E-state index is 0.0412. The van der Waals surface area contributed by atoms with Gasteiger partial charge in [0.15, 0.2) is 0 Å². The van der Waals surface area contributed by atoms with Crippen molar-refractivity contribution in [3.8, 4) is 0 Å². The number of hydrogen-bond donors (Lipinski definition) is 1. The van der Waals surface area contributed by atoms with Crippen molar-refractivity contribution >= 4 is 55.7 Å². The predicted molar refractivity (Wildman–Crippen MR) is 120 cm³/mol. The second-order valence-electron chi connectivity index (χ2n) is 7.03. The maximum atomic E-state index is 13.3. The molecule has 0 spiro atoms. The van der Waals surface area contributed by atoms with E-state index in [1.54, 1.807) is 24.5 Å². The summed E-state index contributed by atoms with van der Waals surface area (Å²) < 4.78 is 32.9. The maximum absolute atomic E-state index is 13.3. The molecule has 1 aliphatic heterocycles. The molecular formula is C22H17Cl2NO5S. The van der Waals surface area contributed by atoms with Crippen molar-refractivity contribution in [3.63, 3.8) is 0 Å². The summed E-state index contributed by atoms with van der Waals surface area (Å²) >= 11 is 11.9. The molecule has 1 aliphatic rings. The van der Waals surface area contributed by atoms with Crippen LogP contribution in [0.1, 0.15) is 18.1 Å². The third kappa shape index (κ3) is 4.49. The number of hydrogen-bond acceptors (Lipinski definition) is 4. The summed E-state index contributed by atoms with van der Waals surface area (Å²) in [5.41, 5.74) is 1.23. The number of carboxylic acids is 1. The molecule has 0 bridgehead atoms. The van der Waals surface area contributed by atoms with Crippen molar-refractivity contribution in [2.75, 3.05) is 10.8 Å². The highest BCUT2D eigenvalue weighted by molar-refractivity contribution is 7.92. The van der Waals surface area contributed by atoms with E-state index in [0.717, 1.165) is 27.1 Å². The van der Waals surface area contributed by atoms with Gasteiger partial charge in [-0.3, -0.25) is 9.10 Å². The molecule has 3 aromatic rings. The Kier molecular flexibility index (Phi) is 5.83. The van der Waals surface area contributed by atoms with Gasteiger partial charge in [0.05, 0.1) is 16.8 Å². The van der Waals surface area contributed by atoms with Gasteiger partial charge in [-0.05, 0) is 58.8 Å². The van der Waals surface area contributed by atoms with Gasteiger partial charge in [0.2, 0.25) is 0 Å². The van der Waals surface area contributed by atoms with Crippen LogP contribution in [0.3, 0.4) is 0 Å². The standard InChI is InChI=1S/C22H17Cl2NO5S/c23-17-10-18(24)12-20(11-17)31(28,29)25(13-22(26)27)19-6-5-14-8-16(4-3-15(14)9-19)21-2-1-7-30-21/h1,3-12,21H,2,13H2,(H,26,27). The van der Waals surface area contributed by atoms with E-state index < -0.39 is 22.5 Å². The normalized spacial score (nSPS) is 15.7. The molecule has 1 unspecified atom stereocenters. The average Bonchev–Trinajstić information content (AvgIpc) is 3.25. The van der Waals surface area contributed by atoms with Gasteiger partial charge in [-0.2, -0.15) is 0 Å². The molecule has 0 amide bonds. The number of carboxylic acid groups (broad SMARTS) is 1. The lowest BCUT2D eigenvalue weighted by atomic mass is 10.0. The molecule has 0 aliphatic carbocycles. The highest BCUT2D eigenvalue weighted by Gasteiger charge is 2.28. The number of fused-ring (bicyclic) bond motifs is 1. The average molecular weight is 478 g/mol. The number of aliphatic carboxylic acids is 1. The third-order valence-corrected chi connectivity index (χ3v) is 7.09. The first-order valence-corrected chi connectivity index (χ1v) is 11.5. The Morgan fingerprint density at radius 3 is 2.35 bits per heavy atom. The van der Waals surface area contributed by atoms with Crippen LogP contribution in [0.2, 0.25) is 10.0 Å². The molecule has 1 atom stereocenters. The van der Waals surface area contributed by atoms with Crippen molar-refractivity contribution in [1.29, 1.82) is 0 Å². The summed E-state index contributed by atoms with van der Waals surface area (Å²) in [6, 6.07) is 14.6. The van der Waals surface area contributed by atoms with Crippen LogP contribution in [0, 0.1) is 0 Å². The van der Waals surface area contributed by atoms with Crippen LogP contribution in [0.5, 0.6) is 0 Å². The van der Waals surface area contributed by atoms with E-state index in [2.05, 4.69) is 0 Å². The summed E-state index contributed by atoms with van der Waals surface area (Å²) in [6.45, 7) is -0.752. The Hall–Kier alpha value is -2.74. The number of benzene rings is 3. The van der Waals surface area contributed by atoms with E-state index in [9.17, 15) is 18.3 Å². The smallest absolute Gasteiger partial charge is 0.324 e. The minimum Gasteiger partial charge on any atom is -0.493 e. The van der Waals surface area contributed by atoms with Crippen molar-refractivity contribution in [1.82, 2.24) is 0 Å². The predicted octanol–water partition coefficient (Wildman–Crippen LogP) is 5.40. The number of nitrogens with zero attached hydrogens (tertiary/aromatic N) is 1. The van der Waals surface area contributed by atoms with Crippen LogP contribution in [-0.4, -0.2) is 26.0 Å². The van der Waals surface area contributed by atoms with Crippen LogP contribution < -0.4 is 4.31 Å². The lowest BCUT2D eigenvalue weighted by Gasteiger charge is -2.23. The van der Waals surface area contributed by atoms with Gasteiger partial charge in [-0.25, -0.2) is 8.42 Å². The second kappa shape index (κ2) is 8.42. The molecule has 0 radical (unpaired) electrons. The highest BCUT2D eigenvalue weighted by Crippen LogP contribution is 2.33. The number of halogens is 2. The number of rotatable bonds is 6. The fraction of sp³-hybridized carbons (Fsp3) is 0.136. The molecule has 6 nitrogen and oxygen atoms in total. The molecule has 31 heavy (non-hydrogen) atoms. The van der Waals surface area contributed by atoms with Gasteiger partial charge >= 0.3 is 5.97 Å². The van der Waals surface area contributed by atoms with Gasteiger partial charge in [0, 0.05) is 16.5 Å². The molecule has 0 saturated carbocycles. The van der Waals surface area contributed by atoms with Gasteiger partial charge in [0.25, 0.3) is 10.0 Å². The van der Waals surface area contributed by atoms with E-state index in [1.165, 1.54) is 18.2 Å². The zero-order valence-electron chi connectivity index (χ0n) is 16.0. The summed E-state index contributed by atoms with van der Waals surface area (Å²) in [5.74, 6) is -1.29. The molecule has 3 aromatic carbocycles. The van der Waals surface area contributed by atoms with E-state index >= 15 is 0 Å². The highest BCUT2D eigenvalue weighted by atomic mass is 35.5. The summed E-state index contributed by atoms with van der Waals surface area (Å²) in [6.07, 6.45) is 4.38. The number of carbonyl (C=O) groups is 1. The molecule has 9 heteroatoms. The Morgan fingerprint density at radius 1 is 1.03 bits per heavy atom. The molecule has 1 N–H and O–H groups in total. The number of anilines is 1. The summed E-state index contributed by atoms with van der Waals surface area (Å²) in [7, 11) is -4.23. The summed E-state index contributed by atoms with van der Waals surface area (Å²) in [4.78, 5) is 11.3. The molecule has 1 heterocycles. The molecule has 0 fully saturated rings. The maximum Gasteiger partial charge on any atom is 0.324 e. The van der Waals surface area contributed by atoms with Crippen molar-refractivity contribution in [2.24, 2.45) is 0 Å². The van der Waals surface area contributed by atoms with E-state index in [0.29, 0.717) is 0 Å². The fourth-order valence-electron chi connectivity index (χ4n) is 3.45. The number of ether oxygens (including phenoxy) is 1. The molecule has 4 rings (SSSR count). The van der Waals surface area contributed by atoms with Crippen LogP contribution >= 0.6 is 23.2 Å². The Labute approximate surface area is 189 Å². The Morgan fingerprint density at radius 2 is 1.71 bits per heavy atom. The minimum atomic E-state index is -4.23. The van der Waals surface area contributed by atoms with Crippen molar-refractivity contribution in [2.45, 2.75) is 17.4 Å². The topological polar surface area (TPSA) is 83.9 Å². The van der Waals surface area contributed by atoms with E-state index in [1.807, 2.05) is 24.3 Å².